The first-order valence-corrected chi connectivity index (χ1v) is 3.48. The summed E-state index contributed by atoms with van der Waals surface area (Å²) >= 11 is 0. The molecule has 0 atom stereocenters. The molecule has 0 aromatic carbocycles. The fourth-order valence-electron chi connectivity index (χ4n) is 0.464. The summed E-state index contributed by atoms with van der Waals surface area (Å²) in [6, 6.07) is 5.72. The lowest BCUT2D eigenvalue weighted by atomic mass is 10.5. The van der Waals surface area contributed by atoms with Crippen LogP contribution in [0.25, 0.3) is 0 Å². The van der Waals surface area contributed by atoms with Crippen LogP contribution in [-0.4, -0.2) is 29.7 Å². The fourth-order valence-corrected chi connectivity index (χ4v) is 0.464. The number of likely N-dealkylation sites (N-methyl/N-ethyl adjacent to an activating group) is 1. The van der Waals surface area contributed by atoms with Crippen LogP contribution in [0.3, 0.4) is 0 Å². The van der Waals surface area contributed by atoms with E-state index in [0.717, 1.165) is 0 Å². The predicted octanol–water partition coefficient (Wildman–Crippen LogP) is 0.372. The molecule has 1 aromatic heterocycles. The molecule has 66 valence electrons. The SMILES string of the molecule is CNCC(=O)O.c1ccncc1. The van der Waals surface area contributed by atoms with Gasteiger partial charge in [0.15, 0.2) is 0 Å². The van der Waals surface area contributed by atoms with Gasteiger partial charge < -0.3 is 10.4 Å². The molecule has 0 aliphatic rings. The van der Waals surface area contributed by atoms with Crippen LogP contribution in [0, 0.1) is 0 Å². The topological polar surface area (TPSA) is 62.2 Å². The van der Waals surface area contributed by atoms with E-state index in [1.165, 1.54) is 0 Å². The summed E-state index contributed by atoms with van der Waals surface area (Å²) in [6.07, 6.45) is 3.50. The minimum Gasteiger partial charge on any atom is -0.480 e. The van der Waals surface area contributed by atoms with Gasteiger partial charge in [0.2, 0.25) is 0 Å². The smallest absolute Gasteiger partial charge is 0.317 e. The van der Waals surface area contributed by atoms with E-state index < -0.39 is 5.97 Å². The quantitative estimate of drug-likeness (QED) is 0.669. The largest absolute Gasteiger partial charge is 0.480 e. The van der Waals surface area contributed by atoms with Gasteiger partial charge in [0.1, 0.15) is 0 Å². The predicted molar refractivity (Wildman–Crippen MR) is 45.8 cm³/mol. The van der Waals surface area contributed by atoms with Crippen molar-refractivity contribution >= 4 is 5.97 Å². The lowest BCUT2D eigenvalue weighted by Gasteiger charge is -1.84. The molecule has 4 nitrogen and oxygen atoms in total. The summed E-state index contributed by atoms with van der Waals surface area (Å²) in [5.74, 6) is -0.822. The van der Waals surface area contributed by atoms with Gasteiger partial charge in [-0.25, -0.2) is 0 Å². The van der Waals surface area contributed by atoms with Crippen LogP contribution in [-0.2, 0) is 4.79 Å². The van der Waals surface area contributed by atoms with Crippen LogP contribution in [0.1, 0.15) is 0 Å². The molecule has 4 heteroatoms. The zero-order chi connectivity index (χ0) is 9.23. The molecule has 0 saturated carbocycles. The van der Waals surface area contributed by atoms with Crippen LogP contribution in [0.5, 0.6) is 0 Å². The maximum atomic E-state index is 9.54. The van der Waals surface area contributed by atoms with Gasteiger partial charge in [0.05, 0.1) is 6.54 Å². The standard InChI is InChI=1S/C5H5N.C3H7NO2/c1-2-4-6-5-3-1;1-4-2-3(5)6/h1-5H;4H,2H2,1H3,(H,5,6). The zero-order valence-electron chi connectivity index (χ0n) is 6.90. The van der Waals surface area contributed by atoms with E-state index >= 15 is 0 Å². The summed E-state index contributed by atoms with van der Waals surface area (Å²) in [5.41, 5.74) is 0. The molecule has 0 radical (unpaired) electrons. The molecule has 0 aliphatic heterocycles. The number of aromatic nitrogens is 1. The second-order valence-electron chi connectivity index (χ2n) is 1.95. The summed E-state index contributed by atoms with van der Waals surface area (Å²) in [6.45, 7) is 0.0417. The summed E-state index contributed by atoms with van der Waals surface area (Å²) in [7, 11) is 1.59. The lowest BCUT2D eigenvalue weighted by molar-refractivity contribution is -0.135. The summed E-state index contributed by atoms with van der Waals surface area (Å²) in [5, 5.41) is 10.3. The van der Waals surface area contributed by atoms with E-state index in [4.69, 9.17) is 5.11 Å². The third kappa shape index (κ3) is 8.58. The highest BCUT2D eigenvalue weighted by molar-refractivity contribution is 5.68. The van der Waals surface area contributed by atoms with E-state index in [1.807, 2.05) is 18.2 Å². The first kappa shape index (κ1) is 10.6. The number of hydrogen-bond donors (Lipinski definition) is 2. The maximum absolute atomic E-state index is 9.54. The molecule has 1 aromatic rings. The molecule has 0 aliphatic carbocycles. The van der Waals surface area contributed by atoms with E-state index in [-0.39, 0.29) is 6.54 Å². The third-order valence-corrected chi connectivity index (χ3v) is 0.894. The average molecular weight is 168 g/mol. The third-order valence-electron chi connectivity index (χ3n) is 0.894. The molecule has 1 rings (SSSR count). The molecule has 1 heterocycles. The average Bonchev–Trinajstić information content (AvgIpc) is 2.08. The molecule has 0 bridgehead atoms. The number of nitrogens with zero attached hydrogens (tertiary/aromatic N) is 1. The van der Waals surface area contributed by atoms with E-state index in [0.29, 0.717) is 0 Å². The van der Waals surface area contributed by atoms with Gasteiger partial charge in [-0.1, -0.05) is 6.07 Å². The Balaban J connectivity index is 0.000000202. The van der Waals surface area contributed by atoms with E-state index in [2.05, 4.69) is 10.3 Å². The Hall–Kier alpha value is -1.42. The minimum absolute atomic E-state index is 0.0417. The van der Waals surface area contributed by atoms with Gasteiger partial charge in [-0.05, 0) is 19.2 Å². The number of aliphatic carboxylic acids is 1. The maximum Gasteiger partial charge on any atom is 0.317 e. The second kappa shape index (κ2) is 7.68. The first-order chi connectivity index (χ1) is 5.77. The summed E-state index contributed by atoms with van der Waals surface area (Å²) < 4.78 is 0. The van der Waals surface area contributed by atoms with Crippen molar-refractivity contribution in [2.45, 2.75) is 0 Å². The number of carboxylic acids is 1. The van der Waals surface area contributed by atoms with Gasteiger partial charge >= 0.3 is 5.97 Å². The second-order valence-corrected chi connectivity index (χ2v) is 1.95. The van der Waals surface area contributed by atoms with Gasteiger partial charge in [-0.15, -0.1) is 0 Å². The van der Waals surface area contributed by atoms with Crippen LogP contribution in [0.15, 0.2) is 30.6 Å². The molecular weight excluding hydrogens is 156 g/mol. The van der Waals surface area contributed by atoms with E-state index in [9.17, 15) is 4.79 Å². The number of carbonyl (C=O) groups is 1. The Morgan fingerprint density at radius 2 is 2.00 bits per heavy atom. The van der Waals surface area contributed by atoms with Gasteiger partial charge in [-0.2, -0.15) is 0 Å². The van der Waals surface area contributed by atoms with Gasteiger partial charge in [0, 0.05) is 12.4 Å². The highest BCUT2D eigenvalue weighted by Crippen LogP contribution is 1.73. The summed E-state index contributed by atoms with van der Waals surface area (Å²) in [4.78, 5) is 13.3. The van der Waals surface area contributed by atoms with Crippen LogP contribution >= 0.6 is 0 Å². The Bertz CT molecular complexity index is 175. The van der Waals surface area contributed by atoms with Crippen molar-refractivity contribution in [3.05, 3.63) is 30.6 Å². The number of nitrogens with one attached hydrogen (secondary N) is 1. The van der Waals surface area contributed by atoms with Crippen molar-refractivity contribution in [3.8, 4) is 0 Å². The van der Waals surface area contributed by atoms with Crippen molar-refractivity contribution in [2.75, 3.05) is 13.6 Å². The Labute approximate surface area is 71.3 Å². The van der Waals surface area contributed by atoms with Crippen LogP contribution < -0.4 is 5.32 Å². The van der Waals surface area contributed by atoms with Crippen molar-refractivity contribution in [1.29, 1.82) is 0 Å². The zero-order valence-corrected chi connectivity index (χ0v) is 6.90. The number of pyridine rings is 1. The van der Waals surface area contributed by atoms with E-state index in [1.54, 1.807) is 19.4 Å². The highest BCUT2D eigenvalue weighted by Gasteiger charge is 1.86. The van der Waals surface area contributed by atoms with Crippen LogP contribution in [0.4, 0.5) is 0 Å². The van der Waals surface area contributed by atoms with Crippen molar-refractivity contribution < 1.29 is 9.90 Å². The normalized spacial score (nSPS) is 8.08. The Kier molecular flexibility index (Phi) is 6.78. The number of carboxylic acid groups (broad SMARTS) is 1. The van der Waals surface area contributed by atoms with Crippen LogP contribution in [0.2, 0.25) is 0 Å². The van der Waals surface area contributed by atoms with Gasteiger partial charge in [0.25, 0.3) is 0 Å². The molecule has 0 fully saturated rings. The molecule has 0 unspecified atom stereocenters. The van der Waals surface area contributed by atoms with Crippen molar-refractivity contribution in [1.82, 2.24) is 10.3 Å². The highest BCUT2D eigenvalue weighted by atomic mass is 16.4. The molecule has 2 N–H and O–H groups in total. The minimum atomic E-state index is -0.822. The fraction of sp³-hybridized carbons (Fsp3) is 0.250. The van der Waals surface area contributed by atoms with Crippen molar-refractivity contribution in [3.63, 3.8) is 0 Å². The molecular formula is C8H12N2O2. The monoisotopic (exact) mass is 168 g/mol. The first-order valence-electron chi connectivity index (χ1n) is 3.48. The molecule has 0 amide bonds. The van der Waals surface area contributed by atoms with Crippen molar-refractivity contribution in [2.24, 2.45) is 0 Å². The van der Waals surface area contributed by atoms with Gasteiger partial charge in [-0.3, -0.25) is 9.78 Å². The molecule has 0 spiro atoms. The number of rotatable bonds is 2. The molecule has 0 saturated heterocycles. The number of hydrogen-bond acceptors (Lipinski definition) is 3. The Morgan fingerprint density at radius 1 is 1.42 bits per heavy atom. The molecule has 12 heavy (non-hydrogen) atoms. The lowest BCUT2D eigenvalue weighted by Crippen LogP contribution is -2.16. The Morgan fingerprint density at radius 3 is 2.08 bits per heavy atom.